The van der Waals surface area contributed by atoms with Gasteiger partial charge in [-0.25, -0.2) is 23.2 Å². The maximum absolute atomic E-state index is 14.2. The van der Waals surface area contributed by atoms with Gasteiger partial charge in [0.15, 0.2) is 0 Å². The Balaban J connectivity index is 1.21. The Morgan fingerprint density at radius 1 is 0.825 bits per heavy atom. The number of nitrogens with zero attached hydrogens (tertiary/aromatic N) is 4. The Morgan fingerprint density at radius 2 is 1.43 bits per heavy atom. The molecule has 5 fully saturated rings. The fourth-order valence-electron chi connectivity index (χ4n) is 8.19. The zero-order valence-electron chi connectivity index (χ0n) is 24.1. The van der Waals surface area contributed by atoms with Crippen LogP contribution in [0.4, 0.5) is 13.2 Å². The summed E-state index contributed by atoms with van der Waals surface area (Å²) in [6.45, 7) is 2.55. The standard InChI is InChI=1S/C28H48F3N5O3S/c1-33(2)22-7-9-23(10-8-22)40(38,39)35-16-11-20(12-17-35)21-13-18-36-24(19-21)25(26(32-36)28(29,30)31)27(37)34-14-5-3-4-6-15-34/h20-26,32H,3-19H2,1-2H3. The first kappa shape index (κ1) is 30.5. The molecule has 0 bridgehead atoms. The molecule has 0 aromatic carbocycles. The molecule has 0 aromatic heterocycles. The summed E-state index contributed by atoms with van der Waals surface area (Å²) in [6.07, 6.45) is 5.22. The van der Waals surface area contributed by atoms with E-state index in [0.717, 1.165) is 57.8 Å². The van der Waals surface area contributed by atoms with Crippen LogP contribution in [0.15, 0.2) is 0 Å². The molecule has 4 heterocycles. The number of amides is 1. The normalized spacial score (nSPS) is 36.0. The van der Waals surface area contributed by atoms with Gasteiger partial charge in [-0.05, 0) is 90.1 Å². The van der Waals surface area contributed by atoms with Gasteiger partial charge < -0.3 is 9.80 Å². The molecule has 5 aliphatic rings. The predicted octanol–water partition coefficient (Wildman–Crippen LogP) is 3.45. The summed E-state index contributed by atoms with van der Waals surface area (Å²) in [5, 5.41) is 1.39. The van der Waals surface area contributed by atoms with Crippen molar-refractivity contribution in [2.75, 3.05) is 46.8 Å². The van der Waals surface area contributed by atoms with Crippen LogP contribution < -0.4 is 5.43 Å². The lowest BCUT2D eigenvalue weighted by molar-refractivity contribution is -0.172. The van der Waals surface area contributed by atoms with Gasteiger partial charge in [0, 0.05) is 44.8 Å². The number of hydrogen-bond acceptors (Lipinski definition) is 6. The molecule has 4 unspecified atom stereocenters. The van der Waals surface area contributed by atoms with E-state index in [9.17, 15) is 26.4 Å². The average Bonchev–Trinajstić information content (AvgIpc) is 3.11. The third-order valence-electron chi connectivity index (χ3n) is 10.6. The van der Waals surface area contributed by atoms with Crippen molar-refractivity contribution < 1.29 is 26.4 Å². The number of likely N-dealkylation sites (tertiary alicyclic amines) is 1. The summed E-state index contributed by atoms with van der Waals surface area (Å²) < 4.78 is 71.0. The lowest BCUT2D eigenvalue weighted by atomic mass is 9.74. The lowest BCUT2D eigenvalue weighted by Gasteiger charge is -2.43. The van der Waals surface area contributed by atoms with Crippen LogP contribution >= 0.6 is 0 Å². The summed E-state index contributed by atoms with van der Waals surface area (Å²) in [4.78, 5) is 17.5. The molecule has 4 atom stereocenters. The van der Waals surface area contributed by atoms with E-state index in [1.54, 1.807) is 14.2 Å². The van der Waals surface area contributed by atoms with E-state index >= 15 is 0 Å². The minimum Gasteiger partial charge on any atom is -0.342 e. The Bertz CT molecular complexity index is 972. The number of rotatable bonds is 5. The minimum atomic E-state index is -4.50. The molecular weight excluding hydrogens is 543 g/mol. The van der Waals surface area contributed by atoms with Crippen LogP contribution in [-0.2, 0) is 14.8 Å². The Morgan fingerprint density at radius 3 is 2.00 bits per heavy atom. The van der Waals surface area contributed by atoms with Gasteiger partial charge in [-0.1, -0.05) is 12.8 Å². The highest BCUT2D eigenvalue weighted by Crippen LogP contribution is 2.44. The van der Waals surface area contributed by atoms with Crippen molar-refractivity contribution in [3.8, 4) is 0 Å². The number of nitrogens with one attached hydrogen (secondary N) is 1. The molecule has 0 radical (unpaired) electrons. The third kappa shape index (κ3) is 6.35. The molecule has 230 valence electrons. The fraction of sp³-hybridized carbons (Fsp3) is 0.964. The molecule has 4 saturated heterocycles. The molecule has 0 aromatic rings. The summed E-state index contributed by atoms with van der Waals surface area (Å²) in [7, 11) is 0.756. The molecule has 1 aliphatic carbocycles. The van der Waals surface area contributed by atoms with Gasteiger partial charge in [-0.2, -0.15) is 13.2 Å². The number of piperidine rings is 2. The summed E-state index contributed by atoms with van der Waals surface area (Å²) >= 11 is 0. The molecule has 1 saturated carbocycles. The topological polar surface area (TPSA) is 76.2 Å². The molecule has 4 aliphatic heterocycles. The second-order valence-electron chi connectivity index (χ2n) is 13.1. The number of hydrogen-bond donors (Lipinski definition) is 1. The van der Waals surface area contributed by atoms with Crippen LogP contribution in [0.1, 0.15) is 77.0 Å². The van der Waals surface area contributed by atoms with Crippen molar-refractivity contribution in [2.24, 2.45) is 17.8 Å². The number of sulfonamides is 1. The van der Waals surface area contributed by atoms with E-state index in [1.807, 2.05) is 14.1 Å². The van der Waals surface area contributed by atoms with Gasteiger partial charge in [0.05, 0.1) is 11.2 Å². The Labute approximate surface area is 238 Å². The Kier molecular flexibility index (Phi) is 9.41. The second kappa shape index (κ2) is 12.3. The maximum atomic E-state index is 14.2. The van der Waals surface area contributed by atoms with Crippen LogP contribution in [0, 0.1) is 17.8 Å². The number of alkyl halides is 3. The summed E-state index contributed by atoms with van der Waals surface area (Å²) in [5.74, 6) is -1.000. The summed E-state index contributed by atoms with van der Waals surface area (Å²) in [5.41, 5.74) is 2.69. The van der Waals surface area contributed by atoms with Gasteiger partial charge in [-0.15, -0.1) is 0 Å². The first-order valence-electron chi connectivity index (χ1n) is 15.5. The second-order valence-corrected chi connectivity index (χ2v) is 15.3. The van der Waals surface area contributed by atoms with E-state index in [1.165, 1.54) is 0 Å². The van der Waals surface area contributed by atoms with E-state index in [4.69, 9.17) is 0 Å². The molecule has 12 heteroatoms. The quantitative estimate of drug-likeness (QED) is 0.528. The van der Waals surface area contributed by atoms with Crippen molar-refractivity contribution >= 4 is 15.9 Å². The van der Waals surface area contributed by atoms with Gasteiger partial charge in [-0.3, -0.25) is 4.79 Å². The van der Waals surface area contributed by atoms with Crippen LogP contribution in [0.2, 0.25) is 0 Å². The van der Waals surface area contributed by atoms with Crippen LogP contribution in [0.5, 0.6) is 0 Å². The SMILES string of the molecule is CN(C)C1CCC(S(=O)(=O)N2CCC(C3CCN4NC(C(F)(F)F)C(C(=O)N5CCCCCC5)C4C3)CC2)CC1. The zero-order chi connectivity index (χ0) is 28.7. The van der Waals surface area contributed by atoms with Crippen LogP contribution in [0.3, 0.4) is 0 Å². The highest BCUT2D eigenvalue weighted by molar-refractivity contribution is 7.89. The lowest BCUT2D eigenvalue weighted by Crippen LogP contribution is -2.51. The molecule has 1 amide bonds. The largest absolute Gasteiger partial charge is 0.406 e. The molecular formula is C28H48F3N5O3S. The first-order chi connectivity index (χ1) is 19.0. The van der Waals surface area contributed by atoms with Gasteiger partial charge in [0.25, 0.3) is 0 Å². The van der Waals surface area contributed by atoms with Crippen molar-refractivity contribution in [1.82, 2.24) is 24.5 Å². The van der Waals surface area contributed by atoms with E-state index < -0.39 is 34.2 Å². The van der Waals surface area contributed by atoms with Crippen molar-refractivity contribution in [1.29, 1.82) is 0 Å². The first-order valence-corrected chi connectivity index (χ1v) is 17.0. The molecule has 5 rings (SSSR count). The molecule has 0 spiro atoms. The molecule has 8 nitrogen and oxygen atoms in total. The smallest absolute Gasteiger partial charge is 0.342 e. The highest BCUT2D eigenvalue weighted by Gasteiger charge is 2.59. The average molecular weight is 592 g/mol. The molecule has 40 heavy (non-hydrogen) atoms. The van der Waals surface area contributed by atoms with Crippen LogP contribution in [0.25, 0.3) is 0 Å². The maximum Gasteiger partial charge on any atom is 0.406 e. The number of hydrazine groups is 1. The van der Waals surface area contributed by atoms with Gasteiger partial charge in [0.1, 0.15) is 6.04 Å². The van der Waals surface area contributed by atoms with Gasteiger partial charge in [0.2, 0.25) is 15.9 Å². The minimum absolute atomic E-state index is 0.204. The number of carbonyl (C=O) groups excluding carboxylic acids is 1. The monoisotopic (exact) mass is 591 g/mol. The van der Waals surface area contributed by atoms with E-state index in [2.05, 4.69) is 10.3 Å². The highest BCUT2D eigenvalue weighted by atomic mass is 32.2. The number of halogens is 3. The van der Waals surface area contributed by atoms with E-state index in [-0.39, 0.29) is 23.0 Å². The number of fused-ring (bicyclic) bond motifs is 1. The Hall–Kier alpha value is -0.950. The zero-order valence-corrected chi connectivity index (χ0v) is 24.9. The number of carbonyl (C=O) groups is 1. The fourth-order valence-corrected chi connectivity index (χ4v) is 10.2. The van der Waals surface area contributed by atoms with Crippen LogP contribution in [-0.4, -0.2) is 110 Å². The molecule has 1 N–H and O–H groups in total. The van der Waals surface area contributed by atoms with Gasteiger partial charge >= 0.3 is 6.18 Å². The summed E-state index contributed by atoms with van der Waals surface area (Å²) in [6, 6.07) is -1.88. The van der Waals surface area contributed by atoms with Crippen molar-refractivity contribution in [3.05, 3.63) is 0 Å². The van der Waals surface area contributed by atoms with E-state index in [0.29, 0.717) is 58.0 Å². The van der Waals surface area contributed by atoms with Crippen molar-refractivity contribution in [3.63, 3.8) is 0 Å². The van der Waals surface area contributed by atoms with Crippen molar-refractivity contribution in [2.45, 2.75) is 107 Å². The predicted molar refractivity (Wildman–Crippen MR) is 148 cm³/mol. The third-order valence-corrected chi connectivity index (χ3v) is 13.0.